The van der Waals surface area contributed by atoms with Gasteiger partial charge in [-0.05, 0) is 18.2 Å². The Balaban J connectivity index is 0.000000291. The third-order valence-electron chi connectivity index (χ3n) is 1.03. The van der Waals surface area contributed by atoms with E-state index in [1.807, 2.05) is 13.8 Å². The van der Waals surface area contributed by atoms with Crippen molar-refractivity contribution >= 4 is 12.6 Å². The fraction of sp³-hybridized carbons (Fsp3) is 0.500. The van der Waals surface area contributed by atoms with E-state index in [9.17, 15) is 0 Å². The lowest BCUT2D eigenvalue weighted by atomic mass is 10.3. The smallest absolute Gasteiger partial charge is 0.00340 e. The average Bonchev–Trinajstić information content (AvgIpc) is 2.20. The summed E-state index contributed by atoms with van der Waals surface area (Å²) >= 11 is 4.16. The first-order chi connectivity index (χ1) is 4.29. The lowest BCUT2D eigenvalue weighted by Gasteiger charge is -1.78. The highest BCUT2D eigenvalue weighted by molar-refractivity contribution is 7.84. The van der Waals surface area contributed by atoms with Crippen molar-refractivity contribution in [2.45, 2.75) is 27.2 Å². The van der Waals surface area contributed by atoms with E-state index >= 15 is 0 Å². The molecule has 1 aliphatic rings. The van der Waals surface area contributed by atoms with E-state index in [0.717, 1.165) is 6.42 Å². The highest BCUT2D eigenvalue weighted by atomic mass is 32.1. The Hall–Kier alpha value is -0.170. The highest BCUT2D eigenvalue weighted by Crippen LogP contribution is 2.18. The van der Waals surface area contributed by atoms with Gasteiger partial charge in [-0.1, -0.05) is 31.6 Å². The van der Waals surface area contributed by atoms with Gasteiger partial charge in [0.15, 0.2) is 0 Å². The standard InChI is InChI=1S/C6H8S.C2H6/c1-5-2-3-6(7)4-5;1-2/h2,4,7H,3H2,1H3;1-2H3. The number of rotatable bonds is 0. The van der Waals surface area contributed by atoms with E-state index in [2.05, 4.69) is 31.7 Å². The Labute approximate surface area is 63.1 Å². The summed E-state index contributed by atoms with van der Waals surface area (Å²) in [6, 6.07) is 0. The molecule has 0 aromatic rings. The number of hydrogen-bond acceptors (Lipinski definition) is 1. The molecule has 52 valence electrons. The maximum absolute atomic E-state index is 4.16. The average molecular weight is 142 g/mol. The minimum Gasteiger partial charge on any atom is -0.148 e. The van der Waals surface area contributed by atoms with Crippen molar-refractivity contribution in [1.29, 1.82) is 0 Å². The summed E-state index contributed by atoms with van der Waals surface area (Å²) < 4.78 is 0. The first-order valence-corrected chi connectivity index (χ1v) is 3.80. The molecule has 0 saturated heterocycles. The Bertz CT molecular complexity index is 132. The molecule has 9 heavy (non-hydrogen) atoms. The van der Waals surface area contributed by atoms with Crippen LogP contribution in [0.5, 0.6) is 0 Å². The van der Waals surface area contributed by atoms with Gasteiger partial charge in [0, 0.05) is 0 Å². The van der Waals surface area contributed by atoms with Crippen LogP contribution in [0.1, 0.15) is 27.2 Å². The molecule has 0 nitrogen and oxygen atoms in total. The summed E-state index contributed by atoms with van der Waals surface area (Å²) in [5.41, 5.74) is 1.34. The van der Waals surface area contributed by atoms with Gasteiger partial charge in [0.25, 0.3) is 0 Å². The third kappa shape index (κ3) is 3.41. The van der Waals surface area contributed by atoms with Crippen molar-refractivity contribution < 1.29 is 0 Å². The van der Waals surface area contributed by atoms with Crippen molar-refractivity contribution in [1.82, 2.24) is 0 Å². The van der Waals surface area contributed by atoms with Crippen LogP contribution >= 0.6 is 12.6 Å². The predicted molar refractivity (Wildman–Crippen MR) is 46.8 cm³/mol. The Morgan fingerprint density at radius 2 is 2.00 bits per heavy atom. The van der Waals surface area contributed by atoms with E-state index in [1.54, 1.807) is 0 Å². The zero-order valence-electron chi connectivity index (χ0n) is 6.31. The molecular weight excluding hydrogens is 128 g/mol. The van der Waals surface area contributed by atoms with Gasteiger partial charge in [0.05, 0.1) is 0 Å². The minimum atomic E-state index is 1.04. The molecule has 0 bridgehead atoms. The molecule has 0 radical (unpaired) electrons. The number of thiol groups is 1. The van der Waals surface area contributed by atoms with Crippen LogP contribution in [0.4, 0.5) is 0 Å². The predicted octanol–water partition coefficient (Wildman–Crippen LogP) is 3.18. The van der Waals surface area contributed by atoms with Crippen LogP contribution < -0.4 is 0 Å². The molecule has 0 heterocycles. The number of allylic oxidation sites excluding steroid dienone is 4. The van der Waals surface area contributed by atoms with Crippen molar-refractivity contribution in [3.8, 4) is 0 Å². The second-order valence-corrected chi connectivity index (χ2v) is 2.36. The summed E-state index contributed by atoms with van der Waals surface area (Å²) in [7, 11) is 0. The summed E-state index contributed by atoms with van der Waals surface area (Å²) in [5.74, 6) is 0. The monoisotopic (exact) mass is 142 g/mol. The van der Waals surface area contributed by atoms with Gasteiger partial charge in [-0.25, -0.2) is 0 Å². The van der Waals surface area contributed by atoms with Crippen LogP contribution in [0.2, 0.25) is 0 Å². The molecule has 0 spiro atoms. The molecule has 0 aliphatic heterocycles. The molecule has 0 aromatic carbocycles. The van der Waals surface area contributed by atoms with Crippen molar-refractivity contribution in [2.24, 2.45) is 0 Å². The van der Waals surface area contributed by atoms with Crippen LogP contribution in [0, 0.1) is 0 Å². The first kappa shape index (κ1) is 8.83. The van der Waals surface area contributed by atoms with E-state index in [4.69, 9.17) is 0 Å². The van der Waals surface area contributed by atoms with E-state index in [-0.39, 0.29) is 0 Å². The molecule has 0 saturated carbocycles. The summed E-state index contributed by atoms with van der Waals surface area (Å²) in [4.78, 5) is 1.18. The second-order valence-electron chi connectivity index (χ2n) is 1.79. The molecule has 0 aromatic heterocycles. The third-order valence-corrected chi connectivity index (χ3v) is 1.34. The Kier molecular flexibility index (Phi) is 4.60. The second kappa shape index (κ2) is 4.68. The summed E-state index contributed by atoms with van der Waals surface area (Å²) in [5, 5.41) is 0. The fourth-order valence-corrected chi connectivity index (χ4v) is 0.941. The normalized spacial score (nSPS) is 15.6. The molecular formula is C8H14S. The SMILES string of the molecule is CC.CC1=CCC(S)=C1. The minimum absolute atomic E-state index is 1.04. The van der Waals surface area contributed by atoms with Crippen LogP contribution in [0.25, 0.3) is 0 Å². The van der Waals surface area contributed by atoms with Crippen LogP contribution in [0.3, 0.4) is 0 Å². The summed E-state index contributed by atoms with van der Waals surface area (Å²) in [6.07, 6.45) is 5.29. The maximum Gasteiger partial charge on any atom is -0.00340 e. The fourth-order valence-electron chi connectivity index (χ4n) is 0.646. The van der Waals surface area contributed by atoms with Gasteiger partial charge in [0.1, 0.15) is 0 Å². The van der Waals surface area contributed by atoms with Gasteiger partial charge in [-0.15, -0.1) is 12.6 Å². The first-order valence-electron chi connectivity index (χ1n) is 3.35. The zero-order chi connectivity index (χ0) is 7.28. The molecule has 0 unspecified atom stereocenters. The van der Waals surface area contributed by atoms with Gasteiger partial charge in [-0.2, -0.15) is 0 Å². The quantitative estimate of drug-likeness (QED) is 0.493. The van der Waals surface area contributed by atoms with Crippen LogP contribution in [-0.4, -0.2) is 0 Å². The highest BCUT2D eigenvalue weighted by Gasteiger charge is 1.95. The molecule has 0 N–H and O–H groups in total. The van der Waals surface area contributed by atoms with Gasteiger partial charge >= 0.3 is 0 Å². The molecule has 0 atom stereocenters. The van der Waals surface area contributed by atoms with Crippen LogP contribution in [-0.2, 0) is 0 Å². The van der Waals surface area contributed by atoms with Crippen molar-refractivity contribution in [2.75, 3.05) is 0 Å². The van der Waals surface area contributed by atoms with Gasteiger partial charge in [-0.3, -0.25) is 0 Å². The molecule has 1 aliphatic carbocycles. The van der Waals surface area contributed by atoms with E-state index < -0.39 is 0 Å². The Morgan fingerprint density at radius 1 is 1.44 bits per heavy atom. The van der Waals surface area contributed by atoms with Crippen molar-refractivity contribution in [3.63, 3.8) is 0 Å². The largest absolute Gasteiger partial charge is 0.148 e. The number of hydrogen-bond donors (Lipinski definition) is 1. The molecule has 0 fully saturated rings. The maximum atomic E-state index is 4.16. The lowest BCUT2D eigenvalue weighted by Crippen LogP contribution is -1.54. The van der Waals surface area contributed by atoms with Crippen LogP contribution in [0.15, 0.2) is 22.6 Å². The van der Waals surface area contributed by atoms with Gasteiger partial charge < -0.3 is 0 Å². The molecule has 0 amide bonds. The van der Waals surface area contributed by atoms with E-state index in [1.165, 1.54) is 10.5 Å². The zero-order valence-corrected chi connectivity index (χ0v) is 7.20. The van der Waals surface area contributed by atoms with Gasteiger partial charge in [0.2, 0.25) is 0 Å². The summed E-state index contributed by atoms with van der Waals surface area (Å²) in [6.45, 7) is 6.09. The van der Waals surface area contributed by atoms with E-state index in [0.29, 0.717) is 0 Å². The molecule has 1 rings (SSSR count). The van der Waals surface area contributed by atoms with Crippen molar-refractivity contribution in [3.05, 3.63) is 22.6 Å². The topological polar surface area (TPSA) is 0 Å². The lowest BCUT2D eigenvalue weighted by molar-refractivity contribution is 1.40. The molecule has 1 heteroatoms. The Morgan fingerprint density at radius 3 is 2.11 bits per heavy atom.